The topological polar surface area (TPSA) is 0 Å². The van der Waals surface area contributed by atoms with Gasteiger partial charge < -0.3 is 0 Å². The van der Waals surface area contributed by atoms with Crippen LogP contribution >= 0.6 is 27.5 Å². The van der Waals surface area contributed by atoms with Crippen molar-refractivity contribution in [2.75, 3.05) is 0 Å². The van der Waals surface area contributed by atoms with Crippen LogP contribution in [0.4, 0.5) is 0 Å². The molecule has 0 aliphatic heterocycles. The highest BCUT2D eigenvalue weighted by Crippen LogP contribution is 2.38. The Labute approximate surface area is 113 Å². The summed E-state index contributed by atoms with van der Waals surface area (Å²) in [7, 11) is 0. The lowest BCUT2D eigenvalue weighted by Crippen LogP contribution is -2.11. The molecule has 0 bridgehead atoms. The minimum atomic E-state index is 0.406. The van der Waals surface area contributed by atoms with Crippen molar-refractivity contribution in [2.45, 2.75) is 39.4 Å². The molecule has 1 aromatic carbocycles. The van der Waals surface area contributed by atoms with Gasteiger partial charge in [0.2, 0.25) is 0 Å². The Balaban J connectivity index is 3.08. The van der Waals surface area contributed by atoms with Crippen molar-refractivity contribution < 1.29 is 0 Å². The Morgan fingerprint density at radius 1 is 1.06 bits per heavy atom. The predicted octanol–water partition coefficient (Wildman–Crippen LogP) is 5.68. The fourth-order valence-electron chi connectivity index (χ4n) is 1.72. The summed E-state index contributed by atoms with van der Waals surface area (Å²) in [5, 5.41) is 0.859. The van der Waals surface area contributed by atoms with Crippen LogP contribution in [0.1, 0.15) is 42.3 Å². The quantitative estimate of drug-likeness (QED) is 0.630. The van der Waals surface area contributed by atoms with Crippen LogP contribution in [-0.2, 0) is 0 Å². The Hall–Kier alpha value is -0.0100. The van der Waals surface area contributed by atoms with Crippen LogP contribution < -0.4 is 0 Å². The van der Waals surface area contributed by atoms with Gasteiger partial charge in [0.25, 0.3) is 0 Å². The molecule has 0 nitrogen and oxygen atoms in total. The SMILES string of the molecule is Cc1cc(C(Br)C(C)C(C)C)c(C)cc1Cl. The first kappa shape index (κ1) is 14.1. The van der Waals surface area contributed by atoms with E-state index in [9.17, 15) is 0 Å². The van der Waals surface area contributed by atoms with E-state index in [0.717, 1.165) is 10.6 Å². The summed E-state index contributed by atoms with van der Waals surface area (Å²) in [5.41, 5.74) is 3.79. The highest BCUT2D eigenvalue weighted by atomic mass is 79.9. The van der Waals surface area contributed by atoms with Crippen LogP contribution in [0, 0.1) is 25.7 Å². The molecule has 2 unspecified atom stereocenters. The second kappa shape index (κ2) is 5.55. The van der Waals surface area contributed by atoms with E-state index in [1.54, 1.807) is 0 Å². The van der Waals surface area contributed by atoms with Gasteiger partial charge in [-0.3, -0.25) is 0 Å². The summed E-state index contributed by atoms with van der Waals surface area (Å²) >= 11 is 9.94. The molecule has 0 amide bonds. The maximum absolute atomic E-state index is 6.12. The standard InChI is InChI=1S/C14H20BrCl/c1-8(2)11(5)14(15)12-6-10(4)13(16)7-9(12)3/h6-8,11,14H,1-5H3. The van der Waals surface area contributed by atoms with Gasteiger partial charge in [0.05, 0.1) is 0 Å². The number of hydrogen-bond acceptors (Lipinski definition) is 0. The highest BCUT2D eigenvalue weighted by molar-refractivity contribution is 9.09. The fraction of sp³-hybridized carbons (Fsp3) is 0.571. The van der Waals surface area contributed by atoms with Crippen molar-refractivity contribution in [3.63, 3.8) is 0 Å². The van der Waals surface area contributed by atoms with E-state index in [4.69, 9.17) is 11.6 Å². The van der Waals surface area contributed by atoms with E-state index < -0.39 is 0 Å². The molecule has 1 aromatic rings. The van der Waals surface area contributed by atoms with Gasteiger partial charge >= 0.3 is 0 Å². The van der Waals surface area contributed by atoms with Crippen molar-refractivity contribution in [3.8, 4) is 0 Å². The Morgan fingerprint density at radius 3 is 2.12 bits per heavy atom. The number of halogens is 2. The maximum atomic E-state index is 6.12. The van der Waals surface area contributed by atoms with Crippen LogP contribution in [0.5, 0.6) is 0 Å². The van der Waals surface area contributed by atoms with E-state index in [-0.39, 0.29) is 0 Å². The van der Waals surface area contributed by atoms with E-state index in [0.29, 0.717) is 16.7 Å². The molecule has 16 heavy (non-hydrogen) atoms. The molecule has 0 saturated heterocycles. The smallest absolute Gasteiger partial charge is 0.0438 e. The zero-order chi connectivity index (χ0) is 12.5. The van der Waals surface area contributed by atoms with E-state index in [2.05, 4.69) is 62.7 Å². The van der Waals surface area contributed by atoms with E-state index in [1.165, 1.54) is 11.1 Å². The number of rotatable bonds is 3. The van der Waals surface area contributed by atoms with Crippen LogP contribution in [-0.4, -0.2) is 0 Å². The molecule has 0 spiro atoms. The molecule has 1 rings (SSSR count). The second-order valence-electron chi connectivity index (χ2n) is 4.96. The number of hydrogen-bond donors (Lipinski definition) is 0. The first-order chi connectivity index (χ1) is 7.34. The summed E-state index contributed by atoms with van der Waals surface area (Å²) in [6, 6.07) is 4.27. The van der Waals surface area contributed by atoms with Crippen molar-refractivity contribution in [3.05, 3.63) is 33.8 Å². The van der Waals surface area contributed by atoms with Crippen LogP contribution in [0.15, 0.2) is 12.1 Å². The van der Waals surface area contributed by atoms with Crippen molar-refractivity contribution in [2.24, 2.45) is 11.8 Å². The third-order valence-electron chi connectivity index (χ3n) is 3.36. The molecule has 0 aliphatic carbocycles. The fourth-order valence-corrected chi connectivity index (χ4v) is 3.04. The van der Waals surface area contributed by atoms with Gasteiger partial charge in [0.15, 0.2) is 0 Å². The second-order valence-corrected chi connectivity index (χ2v) is 6.36. The number of benzene rings is 1. The van der Waals surface area contributed by atoms with Gasteiger partial charge in [-0.2, -0.15) is 0 Å². The summed E-state index contributed by atoms with van der Waals surface area (Å²) < 4.78 is 0. The Kier molecular flexibility index (Phi) is 4.88. The van der Waals surface area contributed by atoms with Gasteiger partial charge in [0, 0.05) is 9.85 Å². The predicted molar refractivity (Wildman–Crippen MR) is 76.6 cm³/mol. The van der Waals surface area contributed by atoms with Crippen molar-refractivity contribution in [1.29, 1.82) is 0 Å². The third-order valence-corrected chi connectivity index (χ3v) is 5.09. The molecule has 0 heterocycles. The summed E-state index contributed by atoms with van der Waals surface area (Å²) in [5.74, 6) is 1.28. The zero-order valence-corrected chi connectivity index (χ0v) is 13.0. The Morgan fingerprint density at radius 2 is 1.62 bits per heavy atom. The average molecular weight is 304 g/mol. The minimum absolute atomic E-state index is 0.406. The average Bonchev–Trinajstić information content (AvgIpc) is 2.21. The molecular formula is C14H20BrCl. The van der Waals surface area contributed by atoms with Crippen LogP contribution in [0.25, 0.3) is 0 Å². The highest BCUT2D eigenvalue weighted by Gasteiger charge is 2.21. The summed E-state index contributed by atoms with van der Waals surface area (Å²) in [6.07, 6.45) is 0. The van der Waals surface area contributed by atoms with Gasteiger partial charge in [-0.25, -0.2) is 0 Å². The molecule has 90 valence electrons. The monoisotopic (exact) mass is 302 g/mol. The van der Waals surface area contributed by atoms with Gasteiger partial charge in [-0.05, 0) is 48.4 Å². The molecule has 0 fully saturated rings. The molecule has 0 saturated carbocycles. The molecule has 0 aliphatic rings. The lowest BCUT2D eigenvalue weighted by atomic mass is 9.88. The molecule has 2 heteroatoms. The molecule has 0 aromatic heterocycles. The van der Waals surface area contributed by atoms with Crippen LogP contribution in [0.2, 0.25) is 5.02 Å². The first-order valence-electron chi connectivity index (χ1n) is 5.75. The molecule has 0 radical (unpaired) electrons. The van der Waals surface area contributed by atoms with Crippen molar-refractivity contribution in [1.82, 2.24) is 0 Å². The lowest BCUT2D eigenvalue weighted by molar-refractivity contribution is 0.414. The molecule has 2 atom stereocenters. The van der Waals surface area contributed by atoms with Crippen LogP contribution in [0.3, 0.4) is 0 Å². The van der Waals surface area contributed by atoms with E-state index >= 15 is 0 Å². The maximum Gasteiger partial charge on any atom is 0.0438 e. The summed E-state index contributed by atoms with van der Waals surface area (Å²) in [4.78, 5) is 0.406. The largest absolute Gasteiger partial charge is 0.0840 e. The Bertz CT molecular complexity index is 371. The lowest BCUT2D eigenvalue weighted by Gasteiger charge is -2.24. The van der Waals surface area contributed by atoms with Gasteiger partial charge in [-0.15, -0.1) is 0 Å². The van der Waals surface area contributed by atoms with E-state index in [1.807, 2.05) is 0 Å². The van der Waals surface area contributed by atoms with Gasteiger partial charge in [-0.1, -0.05) is 54.4 Å². The molecular weight excluding hydrogens is 284 g/mol. The number of aryl methyl sites for hydroxylation is 2. The summed E-state index contributed by atoms with van der Waals surface area (Å²) in [6.45, 7) is 11.0. The van der Waals surface area contributed by atoms with Gasteiger partial charge in [0.1, 0.15) is 0 Å². The zero-order valence-electron chi connectivity index (χ0n) is 10.6. The first-order valence-corrected chi connectivity index (χ1v) is 7.04. The number of alkyl halides is 1. The minimum Gasteiger partial charge on any atom is -0.0840 e. The normalized spacial score (nSPS) is 15.2. The molecule has 0 N–H and O–H groups in total. The van der Waals surface area contributed by atoms with Crippen molar-refractivity contribution >= 4 is 27.5 Å². The third kappa shape index (κ3) is 3.01.